The van der Waals surface area contributed by atoms with Crippen LogP contribution in [0.2, 0.25) is 0 Å². The highest BCUT2D eigenvalue weighted by Crippen LogP contribution is 2.32. The van der Waals surface area contributed by atoms with Crippen LogP contribution < -0.4 is 5.32 Å². The molecule has 2 aliphatic carbocycles. The smallest absolute Gasteiger partial charge is 0.324 e. The SMILES string of the molecule is O=C(Nc1ncc(SCCO)s1)N(C1CCCCCC1)C1CCCCC1. The van der Waals surface area contributed by atoms with Gasteiger partial charge in [-0.2, -0.15) is 0 Å². The first-order valence-electron chi connectivity index (χ1n) is 10.1. The molecule has 2 amide bonds. The van der Waals surface area contributed by atoms with Crippen LogP contribution in [0.3, 0.4) is 0 Å². The van der Waals surface area contributed by atoms with Gasteiger partial charge in [-0.1, -0.05) is 56.3 Å². The molecule has 1 aromatic rings. The number of thioether (sulfide) groups is 1. The molecule has 0 saturated heterocycles. The highest BCUT2D eigenvalue weighted by Gasteiger charge is 2.32. The average Bonchev–Trinajstić information content (AvgIpc) is 2.93. The summed E-state index contributed by atoms with van der Waals surface area (Å²) in [6, 6.07) is 0.802. The molecule has 0 aliphatic heterocycles. The number of aliphatic hydroxyl groups excluding tert-OH is 1. The standard InChI is InChI=1S/C19H31N3O2S2/c23-12-13-25-17-14-20-18(26-17)21-19(24)22(16-10-6-3-7-11-16)15-8-4-1-2-5-9-15/h14-16,23H,1-13H2,(H,20,21,24). The summed E-state index contributed by atoms with van der Waals surface area (Å²) >= 11 is 3.07. The van der Waals surface area contributed by atoms with Crippen LogP contribution in [0.5, 0.6) is 0 Å². The molecule has 26 heavy (non-hydrogen) atoms. The van der Waals surface area contributed by atoms with Crippen molar-refractivity contribution in [3.63, 3.8) is 0 Å². The van der Waals surface area contributed by atoms with E-state index in [4.69, 9.17) is 5.11 Å². The van der Waals surface area contributed by atoms with Gasteiger partial charge in [0.05, 0.1) is 17.0 Å². The lowest BCUT2D eigenvalue weighted by molar-refractivity contribution is 0.125. The molecule has 0 aromatic carbocycles. The number of nitrogens with zero attached hydrogens (tertiary/aromatic N) is 2. The average molecular weight is 398 g/mol. The van der Waals surface area contributed by atoms with E-state index < -0.39 is 0 Å². The third-order valence-electron chi connectivity index (χ3n) is 5.45. The quantitative estimate of drug-likeness (QED) is 0.517. The Morgan fingerprint density at radius 3 is 2.27 bits per heavy atom. The summed E-state index contributed by atoms with van der Waals surface area (Å²) in [4.78, 5) is 19.7. The Bertz CT molecular complexity index is 553. The largest absolute Gasteiger partial charge is 0.396 e. The number of hydrogen-bond donors (Lipinski definition) is 2. The van der Waals surface area contributed by atoms with Crippen molar-refractivity contribution in [1.82, 2.24) is 9.88 Å². The van der Waals surface area contributed by atoms with E-state index in [-0.39, 0.29) is 12.6 Å². The molecular weight excluding hydrogens is 366 g/mol. The molecule has 0 unspecified atom stereocenters. The number of aromatic nitrogens is 1. The molecule has 0 bridgehead atoms. The van der Waals surface area contributed by atoms with Crippen LogP contribution in [0, 0.1) is 0 Å². The monoisotopic (exact) mass is 397 g/mol. The second-order valence-corrected chi connectivity index (χ2v) is 9.76. The van der Waals surface area contributed by atoms with Gasteiger partial charge < -0.3 is 10.0 Å². The van der Waals surface area contributed by atoms with Gasteiger partial charge in [0.1, 0.15) is 0 Å². The van der Waals surface area contributed by atoms with E-state index >= 15 is 0 Å². The van der Waals surface area contributed by atoms with E-state index in [1.165, 1.54) is 56.3 Å². The number of carbonyl (C=O) groups excluding carboxylic acids is 1. The molecule has 2 aliphatic rings. The Kier molecular flexibility index (Phi) is 8.08. The molecule has 2 N–H and O–H groups in total. The lowest BCUT2D eigenvalue weighted by atomic mass is 9.92. The van der Waals surface area contributed by atoms with E-state index in [0.717, 1.165) is 29.9 Å². The van der Waals surface area contributed by atoms with E-state index in [9.17, 15) is 4.79 Å². The second kappa shape index (κ2) is 10.5. The summed E-state index contributed by atoms with van der Waals surface area (Å²) < 4.78 is 1.04. The minimum atomic E-state index is 0.0388. The van der Waals surface area contributed by atoms with Gasteiger partial charge in [-0.05, 0) is 25.7 Å². The van der Waals surface area contributed by atoms with Gasteiger partial charge in [-0.25, -0.2) is 9.78 Å². The Morgan fingerprint density at radius 1 is 1.12 bits per heavy atom. The molecule has 2 fully saturated rings. The number of hydrogen-bond acceptors (Lipinski definition) is 5. The van der Waals surface area contributed by atoms with Crippen LogP contribution in [0.25, 0.3) is 0 Å². The van der Waals surface area contributed by atoms with Crippen molar-refractivity contribution in [1.29, 1.82) is 0 Å². The number of anilines is 1. The number of amides is 2. The van der Waals surface area contributed by atoms with Crippen LogP contribution >= 0.6 is 23.1 Å². The molecule has 1 heterocycles. The van der Waals surface area contributed by atoms with Crippen molar-refractivity contribution in [2.45, 2.75) is 86.9 Å². The van der Waals surface area contributed by atoms with Crippen LogP contribution in [0.4, 0.5) is 9.93 Å². The Morgan fingerprint density at radius 2 is 1.69 bits per heavy atom. The van der Waals surface area contributed by atoms with Crippen molar-refractivity contribution >= 4 is 34.3 Å². The highest BCUT2D eigenvalue weighted by molar-refractivity contribution is 8.01. The first-order chi connectivity index (χ1) is 12.8. The summed E-state index contributed by atoms with van der Waals surface area (Å²) in [6.45, 7) is 0.154. The summed E-state index contributed by atoms with van der Waals surface area (Å²) in [7, 11) is 0. The van der Waals surface area contributed by atoms with Gasteiger partial charge in [-0.15, -0.1) is 11.8 Å². The summed E-state index contributed by atoms with van der Waals surface area (Å²) in [5.41, 5.74) is 0. The van der Waals surface area contributed by atoms with Crippen molar-refractivity contribution in [3.8, 4) is 0 Å². The minimum Gasteiger partial charge on any atom is -0.396 e. The molecule has 0 radical (unpaired) electrons. The maximum atomic E-state index is 13.2. The van der Waals surface area contributed by atoms with E-state index in [1.807, 2.05) is 0 Å². The zero-order valence-corrected chi connectivity index (χ0v) is 17.1. The Hall–Kier alpha value is -0.790. The van der Waals surface area contributed by atoms with E-state index in [0.29, 0.717) is 23.0 Å². The van der Waals surface area contributed by atoms with E-state index in [2.05, 4.69) is 15.2 Å². The Labute approximate surface area is 165 Å². The van der Waals surface area contributed by atoms with Gasteiger partial charge >= 0.3 is 6.03 Å². The van der Waals surface area contributed by atoms with Gasteiger partial charge in [0.25, 0.3) is 0 Å². The van der Waals surface area contributed by atoms with Crippen molar-refractivity contribution in [2.24, 2.45) is 0 Å². The number of aliphatic hydroxyl groups is 1. The van der Waals surface area contributed by atoms with Crippen LogP contribution in [0.15, 0.2) is 10.4 Å². The molecule has 146 valence electrons. The van der Waals surface area contributed by atoms with Gasteiger partial charge in [0, 0.05) is 17.8 Å². The fourth-order valence-corrected chi connectivity index (χ4v) is 5.89. The van der Waals surface area contributed by atoms with Gasteiger partial charge in [0.15, 0.2) is 5.13 Å². The maximum absolute atomic E-state index is 13.2. The fraction of sp³-hybridized carbons (Fsp3) is 0.789. The third-order valence-corrected chi connectivity index (χ3v) is 7.54. The second-order valence-electron chi connectivity index (χ2n) is 7.33. The van der Waals surface area contributed by atoms with Crippen LogP contribution in [-0.4, -0.2) is 45.5 Å². The highest BCUT2D eigenvalue weighted by atomic mass is 32.2. The molecule has 3 rings (SSSR count). The number of urea groups is 1. The number of carbonyl (C=O) groups is 1. The molecule has 5 nitrogen and oxygen atoms in total. The maximum Gasteiger partial charge on any atom is 0.324 e. The lowest BCUT2D eigenvalue weighted by Crippen LogP contribution is -2.49. The summed E-state index contributed by atoms with van der Waals surface area (Å²) in [6.07, 6.45) is 15.2. The van der Waals surface area contributed by atoms with Crippen molar-refractivity contribution < 1.29 is 9.90 Å². The lowest BCUT2D eigenvalue weighted by Gasteiger charge is -2.39. The number of rotatable bonds is 6. The molecule has 0 spiro atoms. The third kappa shape index (κ3) is 5.60. The fourth-order valence-electron chi connectivity index (χ4n) is 4.21. The Balaban J connectivity index is 1.68. The minimum absolute atomic E-state index is 0.0388. The first kappa shape index (κ1) is 20.0. The topological polar surface area (TPSA) is 65.5 Å². The predicted octanol–water partition coefficient (Wildman–Crippen LogP) is 5.12. The van der Waals surface area contributed by atoms with Crippen molar-refractivity contribution in [2.75, 3.05) is 17.7 Å². The zero-order chi connectivity index (χ0) is 18.2. The van der Waals surface area contributed by atoms with Crippen molar-refractivity contribution in [3.05, 3.63) is 6.20 Å². The molecule has 7 heteroatoms. The predicted molar refractivity (Wildman–Crippen MR) is 109 cm³/mol. The summed E-state index contributed by atoms with van der Waals surface area (Å²) in [5, 5.41) is 12.7. The summed E-state index contributed by atoms with van der Waals surface area (Å²) in [5.74, 6) is 0.659. The van der Waals surface area contributed by atoms with Gasteiger partial charge in [0.2, 0.25) is 0 Å². The first-order valence-corrected chi connectivity index (χ1v) is 11.9. The van der Waals surface area contributed by atoms with Gasteiger partial charge in [-0.3, -0.25) is 5.32 Å². The van der Waals surface area contributed by atoms with E-state index in [1.54, 1.807) is 18.0 Å². The normalized spacial score (nSPS) is 19.9. The van der Waals surface area contributed by atoms with Crippen LogP contribution in [-0.2, 0) is 0 Å². The number of thiazole rings is 1. The molecule has 0 atom stereocenters. The molecular formula is C19H31N3O2S2. The molecule has 1 aromatic heterocycles. The zero-order valence-electron chi connectivity index (χ0n) is 15.5. The van der Waals surface area contributed by atoms with Crippen LogP contribution in [0.1, 0.15) is 70.6 Å². The molecule has 2 saturated carbocycles. The number of nitrogens with one attached hydrogen (secondary N) is 1.